The average Bonchev–Trinajstić information content (AvgIpc) is 2.87. The summed E-state index contributed by atoms with van der Waals surface area (Å²) in [4.78, 5) is 0. The smallest absolute Gasteiger partial charge is 0.122 e. The van der Waals surface area contributed by atoms with Crippen LogP contribution in [-0.4, -0.2) is 13.7 Å². The average molecular weight is 318 g/mol. The maximum absolute atomic E-state index is 5.56. The van der Waals surface area contributed by atoms with E-state index in [0.717, 1.165) is 23.2 Å². The van der Waals surface area contributed by atoms with Gasteiger partial charge in [-0.2, -0.15) is 0 Å². The molecule has 0 aromatic heterocycles. The van der Waals surface area contributed by atoms with Gasteiger partial charge in [-0.3, -0.25) is 0 Å². The highest BCUT2D eigenvalue weighted by Crippen LogP contribution is 2.31. The second kappa shape index (κ2) is 5.35. The quantitative estimate of drug-likeness (QED) is 0.932. The zero-order chi connectivity index (χ0) is 13.2. The maximum atomic E-state index is 5.56. The molecule has 0 amide bonds. The Labute approximate surface area is 121 Å². The molecule has 1 atom stereocenters. The molecule has 0 bridgehead atoms. The molecule has 1 aliphatic heterocycles. The van der Waals surface area contributed by atoms with Gasteiger partial charge in [0.15, 0.2) is 0 Å². The highest BCUT2D eigenvalue weighted by molar-refractivity contribution is 9.10. The molecule has 2 aromatic carbocycles. The first-order chi connectivity index (χ1) is 9.28. The van der Waals surface area contributed by atoms with E-state index in [1.807, 2.05) is 13.1 Å². The van der Waals surface area contributed by atoms with Crippen LogP contribution < -0.4 is 10.1 Å². The number of rotatable bonds is 3. The van der Waals surface area contributed by atoms with E-state index in [2.05, 4.69) is 57.6 Å². The molecule has 3 heteroatoms. The molecule has 2 nitrogen and oxygen atoms in total. The van der Waals surface area contributed by atoms with E-state index in [4.69, 9.17) is 4.74 Å². The molecule has 98 valence electrons. The van der Waals surface area contributed by atoms with E-state index in [-0.39, 0.29) is 6.04 Å². The van der Waals surface area contributed by atoms with Crippen LogP contribution in [0.3, 0.4) is 0 Å². The summed E-state index contributed by atoms with van der Waals surface area (Å²) in [5.41, 5.74) is 3.85. The summed E-state index contributed by atoms with van der Waals surface area (Å²) in [7, 11) is 2.00. The Hall–Kier alpha value is -1.32. The van der Waals surface area contributed by atoms with Crippen LogP contribution in [0.1, 0.15) is 22.7 Å². The minimum atomic E-state index is 0.211. The molecule has 2 aromatic rings. The molecular weight excluding hydrogens is 302 g/mol. The van der Waals surface area contributed by atoms with Crippen LogP contribution in [0.15, 0.2) is 46.9 Å². The number of hydrogen-bond acceptors (Lipinski definition) is 2. The van der Waals surface area contributed by atoms with Crippen molar-refractivity contribution in [2.45, 2.75) is 12.5 Å². The highest BCUT2D eigenvalue weighted by atomic mass is 79.9. The largest absolute Gasteiger partial charge is 0.493 e. The number of ether oxygens (including phenoxy) is 1. The third-order valence-electron chi connectivity index (χ3n) is 3.52. The lowest BCUT2D eigenvalue weighted by Gasteiger charge is -2.18. The zero-order valence-electron chi connectivity index (χ0n) is 10.8. The van der Waals surface area contributed by atoms with E-state index >= 15 is 0 Å². The van der Waals surface area contributed by atoms with Crippen molar-refractivity contribution in [3.8, 4) is 5.75 Å². The van der Waals surface area contributed by atoms with Gasteiger partial charge in [0.05, 0.1) is 12.6 Å². The Bertz CT molecular complexity index is 597. The molecule has 0 saturated heterocycles. The van der Waals surface area contributed by atoms with Gasteiger partial charge >= 0.3 is 0 Å². The second-order valence-electron chi connectivity index (χ2n) is 4.74. The summed E-state index contributed by atoms with van der Waals surface area (Å²) >= 11 is 3.53. The van der Waals surface area contributed by atoms with Gasteiger partial charge in [-0.15, -0.1) is 0 Å². The van der Waals surface area contributed by atoms with Crippen molar-refractivity contribution in [1.29, 1.82) is 0 Å². The van der Waals surface area contributed by atoms with Crippen LogP contribution in [0, 0.1) is 0 Å². The minimum absolute atomic E-state index is 0.211. The van der Waals surface area contributed by atoms with E-state index in [9.17, 15) is 0 Å². The zero-order valence-corrected chi connectivity index (χ0v) is 12.4. The van der Waals surface area contributed by atoms with Crippen LogP contribution in [0.25, 0.3) is 0 Å². The Morgan fingerprint density at radius 2 is 2.00 bits per heavy atom. The predicted octanol–water partition coefficient (Wildman–Crippen LogP) is 3.69. The van der Waals surface area contributed by atoms with Gasteiger partial charge in [0, 0.05) is 10.9 Å². The van der Waals surface area contributed by atoms with Gasteiger partial charge in [-0.05, 0) is 41.9 Å². The highest BCUT2D eigenvalue weighted by Gasteiger charge is 2.17. The summed E-state index contributed by atoms with van der Waals surface area (Å²) in [6.45, 7) is 0.805. The second-order valence-corrected chi connectivity index (χ2v) is 5.66. The van der Waals surface area contributed by atoms with Crippen LogP contribution in [-0.2, 0) is 6.42 Å². The lowest BCUT2D eigenvalue weighted by molar-refractivity contribution is 0.357. The summed E-state index contributed by atoms with van der Waals surface area (Å²) < 4.78 is 6.67. The number of nitrogens with one attached hydrogen (secondary N) is 1. The summed E-state index contributed by atoms with van der Waals surface area (Å²) in [5, 5.41) is 3.39. The molecule has 1 aliphatic rings. The number of benzene rings is 2. The minimum Gasteiger partial charge on any atom is -0.493 e. The van der Waals surface area contributed by atoms with Gasteiger partial charge in [0.25, 0.3) is 0 Å². The summed E-state index contributed by atoms with van der Waals surface area (Å²) in [6, 6.07) is 15.1. The van der Waals surface area contributed by atoms with Crippen molar-refractivity contribution in [3.63, 3.8) is 0 Å². The Morgan fingerprint density at radius 1 is 1.16 bits per heavy atom. The monoisotopic (exact) mass is 317 g/mol. The van der Waals surface area contributed by atoms with Gasteiger partial charge < -0.3 is 10.1 Å². The van der Waals surface area contributed by atoms with E-state index in [1.54, 1.807) is 0 Å². The number of halogens is 1. The molecule has 1 unspecified atom stereocenters. The third-order valence-corrected chi connectivity index (χ3v) is 4.01. The van der Waals surface area contributed by atoms with E-state index in [0.29, 0.717) is 0 Å². The Morgan fingerprint density at radius 3 is 2.79 bits per heavy atom. The van der Waals surface area contributed by atoms with Gasteiger partial charge in [0.1, 0.15) is 5.75 Å². The van der Waals surface area contributed by atoms with Gasteiger partial charge in [-0.1, -0.05) is 40.2 Å². The normalized spacial score (nSPS) is 14.8. The molecular formula is C16H16BrNO. The lowest BCUT2D eigenvalue weighted by Crippen LogP contribution is -2.17. The Balaban J connectivity index is 1.98. The standard InChI is InChI=1S/C16H16BrNO/c1-18-16(12-3-2-4-14(17)10-12)13-5-6-15-11(9-13)7-8-19-15/h2-6,9-10,16,18H,7-8H2,1H3. The topological polar surface area (TPSA) is 21.3 Å². The van der Waals surface area contributed by atoms with E-state index in [1.165, 1.54) is 16.7 Å². The Kier molecular flexibility index (Phi) is 3.58. The lowest BCUT2D eigenvalue weighted by atomic mass is 9.96. The maximum Gasteiger partial charge on any atom is 0.122 e. The molecule has 0 aliphatic carbocycles. The van der Waals surface area contributed by atoms with Crippen LogP contribution in [0.4, 0.5) is 0 Å². The van der Waals surface area contributed by atoms with E-state index < -0.39 is 0 Å². The third kappa shape index (κ3) is 2.53. The SMILES string of the molecule is CNC(c1cccc(Br)c1)c1ccc2c(c1)CCO2. The molecule has 0 radical (unpaired) electrons. The molecule has 3 rings (SSSR count). The van der Waals surface area contributed by atoms with Crippen LogP contribution in [0.2, 0.25) is 0 Å². The van der Waals surface area contributed by atoms with Crippen molar-refractivity contribution in [3.05, 3.63) is 63.6 Å². The van der Waals surface area contributed by atoms with Crippen LogP contribution >= 0.6 is 15.9 Å². The fourth-order valence-electron chi connectivity index (χ4n) is 2.60. The molecule has 0 fully saturated rings. The summed E-state index contributed by atoms with van der Waals surface area (Å²) in [6.07, 6.45) is 1.01. The van der Waals surface area contributed by atoms with Gasteiger partial charge in [-0.25, -0.2) is 0 Å². The molecule has 19 heavy (non-hydrogen) atoms. The predicted molar refractivity (Wildman–Crippen MR) is 80.7 cm³/mol. The molecule has 1 heterocycles. The van der Waals surface area contributed by atoms with Crippen molar-refractivity contribution >= 4 is 15.9 Å². The van der Waals surface area contributed by atoms with Crippen molar-refractivity contribution in [2.24, 2.45) is 0 Å². The fraction of sp³-hybridized carbons (Fsp3) is 0.250. The first-order valence-corrected chi connectivity index (χ1v) is 7.25. The van der Waals surface area contributed by atoms with Gasteiger partial charge in [0.2, 0.25) is 0 Å². The number of fused-ring (bicyclic) bond motifs is 1. The molecule has 1 N–H and O–H groups in total. The molecule has 0 spiro atoms. The number of hydrogen-bond donors (Lipinski definition) is 1. The first kappa shape index (κ1) is 12.7. The van der Waals surface area contributed by atoms with Crippen molar-refractivity contribution in [1.82, 2.24) is 5.32 Å². The summed E-state index contributed by atoms with van der Waals surface area (Å²) in [5.74, 6) is 1.04. The van der Waals surface area contributed by atoms with Crippen molar-refractivity contribution < 1.29 is 4.74 Å². The fourth-order valence-corrected chi connectivity index (χ4v) is 3.01. The first-order valence-electron chi connectivity index (χ1n) is 6.46. The molecule has 0 saturated carbocycles. The van der Waals surface area contributed by atoms with Crippen LogP contribution in [0.5, 0.6) is 5.75 Å². The van der Waals surface area contributed by atoms with Crippen molar-refractivity contribution in [2.75, 3.05) is 13.7 Å².